The van der Waals surface area contributed by atoms with Crippen molar-refractivity contribution in [1.29, 1.82) is 0 Å². The SMILES string of the molecule is C#Cc1c(F)ccc2cc(O)cc(-c3c(SC(F)(F)F)cc4c(N5CC6CCC(C5)N6)nc(OCC5(CN6CCC6)CC5)nc4c3F)c12. The highest BCUT2D eigenvalue weighted by Gasteiger charge is 2.46. The molecule has 7 nitrogen and oxygen atoms in total. The van der Waals surface area contributed by atoms with Crippen LogP contribution in [0.3, 0.4) is 0 Å². The fraction of sp³-hybridized carbons (Fsp3) is 0.429. The molecule has 4 heterocycles. The summed E-state index contributed by atoms with van der Waals surface area (Å²) in [5.41, 5.74) is -6.02. The van der Waals surface area contributed by atoms with Crippen LogP contribution >= 0.6 is 11.8 Å². The topological polar surface area (TPSA) is 73.8 Å². The number of nitrogens with zero attached hydrogens (tertiary/aromatic N) is 4. The predicted molar refractivity (Wildman–Crippen MR) is 174 cm³/mol. The Morgan fingerprint density at radius 2 is 1.83 bits per heavy atom. The van der Waals surface area contributed by atoms with Crippen molar-refractivity contribution in [2.45, 2.75) is 54.6 Å². The molecule has 4 aromatic rings. The number of piperazine rings is 1. The summed E-state index contributed by atoms with van der Waals surface area (Å²) in [7, 11) is 0. The molecule has 3 aliphatic heterocycles. The van der Waals surface area contributed by atoms with Gasteiger partial charge in [0.05, 0.1) is 12.2 Å². The number of fused-ring (bicyclic) bond motifs is 4. The molecule has 0 radical (unpaired) electrons. The lowest BCUT2D eigenvalue weighted by Gasteiger charge is -2.35. The van der Waals surface area contributed by atoms with Crippen molar-refractivity contribution in [1.82, 2.24) is 20.2 Å². The molecule has 1 aliphatic carbocycles. The monoisotopic (exact) mass is 681 g/mol. The second-order valence-electron chi connectivity index (χ2n) is 13.5. The van der Waals surface area contributed by atoms with Crippen LogP contribution in [0.1, 0.15) is 37.7 Å². The summed E-state index contributed by atoms with van der Waals surface area (Å²) < 4.78 is 80.9. The van der Waals surface area contributed by atoms with Crippen molar-refractivity contribution in [2.24, 2.45) is 5.41 Å². The van der Waals surface area contributed by atoms with Crippen molar-refractivity contribution in [2.75, 3.05) is 44.2 Å². The molecule has 3 saturated heterocycles. The Kier molecular flexibility index (Phi) is 7.61. The average Bonchev–Trinajstić information content (AvgIpc) is 3.71. The van der Waals surface area contributed by atoms with E-state index in [-0.39, 0.29) is 62.1 Å². The molecule has 2 unspecified atom stereocenters. The van der Waals surface area contributed by atoms with E-state index < -0.39 is 39.4 Å². The van der Waals surface area contributed by atoms with Gasteiger partial charge in [-0.05, 0) is 92.2 Å². The van der Waals surface area contributed by atoms with Crippen molar-refractivity contribution in [3.05, 3.63) is 47.5 Å². The van der Waals surface area contributed by atoms with Crippen molar-refractivity contribution >= 4 is 39.3 Å². The number of phenolic OH excluding ortho intramolecular Hbond substituents is 1. The van der Waals surface area contributed by atoms with Gasteiger partial charge in [-0.15, -0.1) is 6.42 Å². The summed E-state index contributed by atoms with van der Waals surface area (Å²) in [6.45, 7) is 4.39. The van der Waals surface area contributed by atoms with E-state index in [2.05, 4.69) is 21.1 Å². The second-order valence-corrected chi connectivity index (χ2v) is 14.6. The Balaban J connectivity index is 1.33. The van der Waals surface area contributed by atoms with Gasteiger partial charge in [0.15, 0.2) is 5.82 Å². The van der Waals surface area contributed by atoms with Gasteiger partial charge < -0.3 is 25.0 Å². The summed E-state index contributed by atoms with van der Waals surface area (Å²) in [4.78, 5) is 13.1. The van der Waals surface area contributed by atoms with E-state index in [9.17, 15) is 22.7 Å². The van der Waals surface area contributed by atoms with Gasteiger partial charge in [-0.3, -0.25) is 0 Å². The number of nitrogens with one attached hydrogen (secondary N) is 1. The molecule has 4 fully saturated rings. The molecular weight excluding hydrogens is 649 g/mol. The molecule has 1 saturated carbocycles. The van der Waals surface area contributed by atoms with Gasteiger partial charge in [-0.2, -0.15) is 23.1 Å². The summed E-state index contributed by atoms with van der Waals surface area (Å²) in [5, 5.41) is 14.5. The highest BCUT2D eigenvalue weighted by Crippen LogP contribution is 2.50. The lowest BCUT2D eigenvalue weighted by Crippen LogP contribution is -2.51. The van der Waals surface area contributed by atoms with Crippen LogP contribution in [0.2, 0.25) is 0 Å². The number of rotatable bonds is 8. The molecular formula is C35H32F5N5O2S. The van der Waals surface area contributed by atoms with Crippen LogP contribution in [-0.2, 0) is 0 Å². The van der Waals surface area contributed by atoms with Gasteiger partial charge >= 0.3 is 11.5 Å². The van der Waals surface area contributed by atoms with Crippen LogP contribution in [0.15, 0.2) is 35.2 Å². The molecule has 2 atom stereocenters. The molecule has 0 amide bonds. The van der Waals surface area contributed by atoms with Gasteiger partial charge in [-0.25, -0.2) is 8.78 Å². The molecule has 4 aliphatic rings. The highest BCUT2D eigenvalue weighted by molar-refractivity contribution is 8.00. The van der Waals surface area contributed by atoms with Crippen LogP contribution < -0.4 is 15.0 Å². The van der Waals surface area contributed by atoms with Gasteiger partial charge in [0, 0.05) is 58.4 Å². The van der Waals surface area contributed by atoms with Gasteiger partial charge in [0.2, 0.25) is 0 Å². The van der Waals surface area contributed by atoms with Crippen LogP contribution in [0.4, 0.5) is 27.8 Å². The predicted octanol–water partition coefficient (Wildman–Crippen LogP) is 6.83. The van der Waals surface area contributed by atoms with Crippen LogP contribution in [0.5, 0.6) is 11.8 Å². The number of alkyl halides is 3. The fourth-order valence-corrected chi connectivity index (χ4v) is 8.15. The Labute approximate surface area is 277 Å². The molecule has 8 rings (SSSR count). The molecule has 48 heavy (non-hydrogen) atoms. The molecule has 250 valence electrons. The zero-order valence-corrected chi connectivity index (χ0v) is 26.7. The first-order valence-electron chi connectivity index (χ1n) is 16.1. The standard InChI is InChI=1S/C35H32F5N5O2S/c1-2-23-26(36)7-4-19-12-22(46)13-24(28(19)23)29-27(48-35(38,39)40)14-25-31(30(29)37)42-33(47-18-34(8-9-34)17-44-10-3-11-44)43-32(25)45-15-20-5-6-21(16-45)41-20/h1,4,7,12-14,20-21,41,46H,3,5-6,8-11,15-18H2. The first-order chi connectivity index (χ1) is 23.0. The lowest BCUT2D eigenvalue weighted by molar-refractivity contribution is -0.0328. The third-order valence-corrected chi connectivity index (χ3v) is 10.8. The molecule has 1 aromatic heterocycles. The van der Waals surface area contributed by atoms with Gasteiger partial charge in [0.1, 0.15) is 22.9 Å². The summed E-state index contributed by atoms with van der Waals surface area (Å²) in [6.07, 6.45) is 10.7. The van der Waals surface area contributed by atoms with Crippen LogP contribution in [-0.4, -0.2) is 76.9 Å². The number of hydrogen-bond acceptors (Lipinski definition) is 8. The van der Waals surface area contributed by atoms with Crippen LogP contribution in [0.25, 0.3) is 32.8 Å². The van der Waals surface area contributed by atoms with Crippen molar-refractivity contribution in [3.8, 4) is 35.2 Å². The van der Waals surface area contributed by atoms with Crippen LogP contribution in [0, 0.1) is 29.4 Å². The quantitative estimate of drug-likeness (QED) is 0.119. The lowest BCUT2D eigenvalue weighted by atomic mass is 9.93. The van der Waals surface area contributed by atoms with Gasteiger partial charge in [0.25, 0.3) is 0 Å². The normalized spacial score (nSPS) is 21.8. The summed E-state index contributed by atoms with van der Waals surface area (Å²) in [6, 6.07) is 6.34. The number of aromatic nitrogens is 2. The maximum atomic E-state index is 17.2. The number of benzene rings is 3. The zero-order chi connectivity index (χ0) is 33.4. The number of likely N-dealkylation sites (tertiary alicyclic amines) is 1. The number of terminal acetylenes is 1. The minimum absolute atomic E-state index is 0.00340. The first kappa shape index (κ1) is 31.4. The van der Waals surface area contributed by atoms with E-state index in [4.69, 9.17) is 16.1 Å². The number of thioether (sulfide) groups is 1. The molecule has 13 heteroatoms. The van der Waals surface area contributed by atoms with E-state index in [1.54, 1.807) is 0 Å². The number of hydrogen-bond donors (Lipinski definition) is 2. The molecule has 2 N–H and O–H groups in total. The largest absolute Gasteiger partial charge is 0.508 e. The molecule has 3 aromatic carbocycles. The van der Waals surface area contributed by atoms with Crippen molar-refractivity contribution < 1.29 is 31.8 Å². The minimum Gasteiger partial charge on any atom is -0.508 e. The Hall–Kier alpha value is -3.86. The number of halogens is 5. The summed E-state index contributed by atoms with van der Waals surface area (Å²) in [5.74, 6) is 0.323. The molecule has 2 bridgehead atoms. The van der Waals surface area contributed by atoms with E-state index in [1.807, 2.05) is 4.90 Å². The van der Waals surface area contributed by atoms with Gasteiger partial charge in [-0.1, -0.05) is 12.0 Å². The summed E-state index contributed by atoms with van der Waals surface area (Å²) >= 11 is -0.498. The Bertz CT molecular complexity index is 1980. The Morgan fingerprint density at radius 3 is 2.48 bits per heavy atom. The highest BCUT2D eigenvalue weighted by atomic mass is 32.2. The fourth-order valence-electron chi connectivity index (χ4n) is 7.42. The maximum absolute atomic E-state index is 17.2. The van der Waals surface area contributed by atoms with E-state index in [1.165, 1.54) is 24.6 Å². The van der Waals surface area contributed by atoms with E-state index in [0.29, 0.717) is 25.5 Å². The first-order valence-corrected chi connectivity index (χ1v) is 16.9. The van der Waals surface area contributed by atoms with Crippen molar-refractivity contribution in [3.63, 3.8) is 0 Å². The number of aromatic hydroxyl groups is 1. The maximum Gasteiger partial charge on any atom is 0.446 e. The molecule has 0 spiro atoms. The van der Waals surface area contributed by atoms with E-state index >= 15 is 4.39 Å². The average molecular weight is 682 g/mol. The second kappa shape index (κ2) is 11.6. The zero-order valence-electron chi connectivity index (χ0n) is 25.8. The number of phenols is 1. The van der Waals surface area contributed by atoms with E-state index in [0.717, 1.165) is 57.5 Å². The Morgan fingerprint density at radius 1 is 1.08 bits per heavy atom. The minimum atomic E-state index is -4.81. The number of ether oxygens (including phenoxy) is 1. The third kappa shape index (κ3) is 5.77. The smallest absolute Gasteiger partial charge is 0.446 e. The number of anilines is 1. The third-order valence-electron chi connectivity index (χ3n) is 10.0.